The summed E-state index contributed by atoms with van der Waals surface area (Å²) < 4.78 is 10.5. The molecule has 0 spiro atoms. The summed E-state index contributed by atoms with van der Waals surface area (Å²) in [6.07, 6.45) is 6.23. The molecule has 4 heteroatoms. The van der Waals surface area contributed by atoms with Crippen LogP contribution in [0.1, 0.15) is 32.1 Å². The van der Waals surface area contributed by atoms with E-state index >= 15 is 0 Å². The molecule has 0 aliphatic heterocycles. The van der Waals surface area contributed by atoms with Crippen molar-refractivity contribution in [1.29, 1.82) is 0 Å². The van der Waals surface area contributed by atoms with Crippen molar-refractivity contribution in [3.05, 3.63) is 0 Å². The van der Waals surface area contributed by atoms with Crippen molar-refractivity contribution in [3.63, 3.8) is 0 Å². The van der Waals surface area contributed by atoms with Crippen molar-refractivity contribution in [3.8, 4) is 0 Å². The number of hydrogen-bond acceptors (Lipinski definition) is 4. The zero-order chi connectivity index (χ0) is 12.7. The zero-order valence-electron chi connectivity index (χ0n) is 11.5. The second-order valence-corrected chi connectivity index (χ2v) is 5.12. The van der Waals surface area contributed by atoms with Gasteiger partial charge in [-0.3, -0.25) is 0 Å². The molecule has 0 aromatic carbocycles. The maximum absolute atomic E-state index is 5.85. The second-order valence-electron chi connectivity index (χ2n) is 5.12. The molecule has 1 atom stereocenters. The van der Waals surface area contributed by atoms with Crippen LogP contribution in [-0.2, 0) is 9.47 Å². The third-order valence-electron chi connectivity index (χ3n) is 3.91. The lowest BCUT2D eigenvalue weighted by Gasteiger charge is -2.31. The van der Waals surface area contributed by atoms with E-state index in [1.165, 1.54) is 25.7 Å². The highest BCUT2D eigenvalue weighted by Gasteiger charge is 2.23. The molecule has 0 amide bonds. The molecule has 2 N–H and O–H groups in total. The van der Waals surface area contributed by atoms with E-state index in [-0.39, 0.29) is 6.29 Å². The number of likely N-dealkylation sites (N-methyl/N-ethyl adjacent to an activating group) is 1. The highest BCUT2D eigenvalue weighted by Crippen LogP contribution is 2.26. The average Bonchev–Trinajstić information content (AvgIpc) is 2.83. The standard InChI is InChI=1S/C13H28N2O2/c1-15(10-11-6-4-5-7-11)12(9-14)8-13(16-2)17-3/h11-13H,4-10,14H2,1-3H3. The van der Waals surface area contributed by atoms with E-state index in [2.05, 4.69) is 11.9 Å². The smallest absolute Gasteiger partial charge is 0.158 e. The molecule has 17 heavy (non-hydrogen) atoms. The van der Waals surface area contributed by atoms with Gasteiger partial charge in [0.15, 0.2) is 6.29 Å². The van der Waals surface area contributed by atoms with Gasteiger partial charge in [0, 0.05) is 39.8 Å². The molecule has 0 heterocycles. The summed E-state index contributed by atoms with van der Waals surface area (Å²) in [5.74, 6) is 0.859. The van der Waals surface area contributed by atoms with Gasteiger partial charge in [-0.25, -0.2) is 0 Å². The summed E-state index contributed by atoms with van der Waals surface area (Å²) in [5.41, 5.74) is 5.85. The minimum absolute atomic E-state index is 0.144. The molecule has 1 saturated carbocycles. The fourth-order valence-electron chi connectivity index (χ4n) is 2.72. The monoisotopic (exact) mass is 244 g/mol. The van der Waals surface area contributed by atoms with Gasteiger partial charge in [-0.15, -0.1) is 0 Å². The van der Waals surface area contributed by atoms with E-state index in [1.807, 2.05) is 0 Å². The van der Waals surface area contributed by atoms with Crippen molar-refractivity contribution >= 4 is 0 Å². The Balaban J connectivity index is 2.36. The lowest BCUT2D eigenvalue weighted by molar-refractivity contribution is -0.116. The van der Waals surface area contributed by atoms with Gasteiger partial charge in [-0.2, -0.15) is 0 Å². The van der Waals surface area contributed by atoms with Crippen molar-refractivity contribution in [2.45, 2.75) is 44.4 Å². The summed E-state index contributed by atoms with van der Waals surface area (Å²) >= 11 is 0. The van der Waals surface area contributed by atoms with Crippen molar-refractivity contribution < 1.29 is 9.47 Å². The molecular formula is C13H28N2O2. The van der Waals surface area contributed by atoms with Crippen molar-refractivity contribution in [2.24, 2.45) is 11.7 Å². The summed E-state index contributed by atoms with van der Waals surface area (Å²) in [4.78, 5) is 2.38. The maximum atomic E-state index is 5.85. The van der Waals surface area contributed by atoms with Crippen LogP contribution in [0, 0.1) is 5.92 Å². The van der Waals surface area contributed by atoms with Gasteiger partial charge in [0.25, 0.3) is 0 Å². The molecule has 0 aromatic rings. The van der Waals surface area contributed by atoms with Gasteiger partial charge < -0.3 is 20.1 Å². The minimum Gasteiger partial charge on any atom is -0.356 e. The Labute approximate surface area is 105 Å². The van der Waals surface area contributed by atoms with Crippen LogP contribution in [0.3, 0.4) is 0 Å². The van der Waals surface area contributed by atoms with E-state index in [9.17, 15) is 0 Å². The van der Waals surface area contributed by atoms with Gasteiger partial charge in [0.2, 0.25) is 0 Å². The molecule has 1 rings (SSSR count). The molecule has 102 valence electrons. The summed E-state index contributed by atoms with van der Waals surface area (Å²) in [7, 11) is 5.52. The first-order valence-electron chi connectivity index (χ1n) is 6.67. The largest absolute Gasteiger partial charge is 0.356 e. The van der Waals surface area contributed by atoms with Crippen LogP contribution >= 0.6 is 0 Å². The van der Waals surface area contributed by atoms with Crippen LogP contribution in [-0.4, -0.2) is 51.6 Å². The highest BCUT2D eigenvalue weighted by molar-refractivity contribution is 4.76. The summed E-state index contributed by atoms with van der Waals surface area (Å²) in [5, 5.41) is 0. The molecule has 0 bridgehead atoms. The van der Waals surface area contributed by atoms with Crippen molar-refractivity contribution in [2.75, 3.05) is 34.4 Å². The molecule has 1 fully saturated rings. The quantitative estimate of drug-likeness (QED) is 0.656. The summed E-state index contributed by atoms with van der Waals surface area (Å²) in [6, 6.07) is 0.348. The van der Waals surface area contributed by atoms with Gasteiger partial charge in [0.1, 0.15) is 0 Å². The molecule has 1 aliphatic rings. The second kappa shape index (κ2) is 8.03. The summed E-state index contributed by atoms with van der Waals surface area (Å²) in [6.45, 7) is 1.81. The van der Waals surface area contributed by atoms with E-state index in [4.69, 9.17) is 15.2 Å². The number of hydrogen-bond donors (Lipinski definition) is 1. The average molecular weight is 244 g/mol. The SMILES string of the molecule is COC(CC(CN)N(C)CC1CCCC1)OC. The van der Waals surface area contributed by atoms with E-state index in [0.717, 1.165) is 18.9 Å². The van der Waals surface area contributed by atoms with Gasteiger partial charge in [-0.1, -0.05) is 12.8 Å². The predicted octanol–water partition coefficient (Wildman–Crippen LogP) is 1.44. The van der Waals surface area contributed by atoms with Gasteiger partial charge >= 0.3 is 0 Å². The Hall–Kier alpha value is -0.160. The normalized spacial score (nSPS) is 19.4. The van der Waals surface area contributed by atoms with Crippen LogP contribution in [0.15, 0.2) is 0 Å². The predicted molar refractivity (Wildman–Crippen MR) is 69.9 cm³/mol. The maximum Gasteiger partial charge on any atom is 0.158 e. The van der Waals surface area contributed by atoms with Crippen LogP contribution < -0.4 is 5.73 Å². The van der Waals surface area contributed by atoms with Crippen LogP contribution in [0.2, 0.25) is 0 Å². The Morgan fingerprint density at radius 1 is 1.24 bits per heavy atom. The number of methoxy groups -OCH3 is 2. The molecule has 0 radical (unpaired) electrons. The number of nitrogens with two attached hydrogens (primary N) is 1. The van der Waals surface area contributed by atoms with Crippen LogP contribution in [0.4, 0.5) is 0 Å². The third kappa shape index (κ3) is 4.92. The van der Waals surface area contributed by atoms with Gasteiger partial charge in [-0.05, 0) is 25.8 Å². The third-order valence-corrected chi connectivity index (χ3v) is 3.91. The minimum atomic E-state index is -0.144. The first-order valence-corrected chi connectivity index (χ1v) is 6.67. The highest BCUT2D eigenvalue weighted by atomic mass is 16.7. The van der Waals surface area contributed by atoms with E-state index in [1.54, 1.807) is 14.2 Å². The van der Waals surface area contributed by atoms with Crippen LogP contribution in [0.25, 0.3) is 0 Å². The lowest BCUT2D eigenvalue weighted by atomic mass is 10.1. The zero-order valence-corrected chi connectivity index (χ0v) is 11.5. The molecule has 1 unspecified atom stereocenters. The number of rotatable bonds is 8. The Kier molecular flexibility index (Phi) is 7.04. The molecule has 0 aromatic heterocycles. The molecule has 0 saturated heterocycles. The number of nitrogens with zero attached hydrogens (tertiary/aromatic N) is 1. The fourth-order valence-corrected chi connectivity index (χ4v) is 2.72. The molecular weight excluding hydrogens is 216 g/mol. The molecule has 4 nitrogen and oxygen atoms in total. The number of ether oxygens (including phenoxy) is 2. The Morgan fingerprint density at radius 3 is 2.29 bits per heavy atom. The van der Waals surface area contributed by atoms with E-state index < -0.39 is 0 Å². The van der Waals surface area contributed by atoms with Crippen LogP contribution in [0.5, 0.6) is 0 Å². The first kappa shape index (κ1) is 14.9. The fraction of sp³-hybridized carbons (Fsp3) is 1.00. The topological polar surface area (TPSA) is 47.7 Å². The van der Waals surface area contributed by atoms with Crippen molar-refractivity contribution in [1.82, 2.24) is 4.90 Å². The molecule has 1 aliphatic carbocycles. The first-order chi connectivity index (χ1) is 8.21. The van der Waals surface area contributed by atoms with E-state index in [0.29, 0.717) is 12.6 Å². The lowest BCUT2D eigenvalue weighted by Crippen LogP contribution is -2.42. The van der Waals surface area contributed by atoms with Gasteiger partial charge in [0.05, 0.1) is 0 Å². The Bertz CT molecular complexity index is 192. The Morgan fingerprint density at radius 2 is 1.82 bits per heavy atom.